The molecule has 0 aliphatic rings. The zero-order valence-electron chi connectivity index (χ0n) is 10.3. The molecular weight excluding hydrogens is 234 g/mol. The Hall–Kier alpha value is -2.08. The second-order valence-electron chi connectivity index (χ2n) is 3.85. The van der Waals surface area contributed by atoms with Crippen molar-refractivity contribution in [1.82, 2.24) is 9.55 Å². The highest BCUT2D eigenvalue weighted by molar-refractivity contribution is 6.06. The van der Waals surface area contributed by atoms with Crippen LogP contribution in [0.2, 0.25) is 0 Å². The normalized spacial score (nSPS) is 10.6. The van der Waals surface area contributed by atoms with Crippen LogP contribution in [0.1, 0.15) is 10.4 Å². The molecule has 0 aliphatic carbocycles. The minimum absolute atomic E-state index is 0.0202. The lowest BCUT2D eigenvalue weighted by Crippen LogP contribution is -2.08. The van der Waals surface area contributed by atoms with Gasteiger partial charge in [-0.1, -0.05) is 0 Å². The maximum Gasteiger partial charge on any atom is 0.340 e. The van der Waals surface area contributed by atoms with Crippen LogP contribution in [0.3, 0.4) is 0 Å². The molecule has 0 saturated heterocycles. The van der Waals surface area contributed by atoms with Crippen molar-refractivity contribution in [2.75, 3.05) is 25.6 Å². The topological polar surface area (TPSA) is 76.4 Å². The summed E-state index contributed by atoms with van der Waals surface area (Å²) >= 11 is 0. The molecule has 2 aromatic heterocycles. The number of aliphatic hydroxyl groups is 1. The number of rotatable bonds is 4. The predicted molar refractivity (Wildman–Crippen MR) is 67.6 cm³/mol. The Bertz CT molecular complexity index is 577. The maximum atomic E-state index is 11.6. The number of hydrogen-bond donors (Lipinski definition) is 2. The number of aliphatic hydroxyl groups excluding tert-OH is 1. The zero-order chi connectivity index (χ0) is 13.1. The van der Waals surface area contributed by atoms with E-state index in [0.717, 1.165) is 10.9 Å². The van der Waals surface area contributed by atoms with E-state index in [9.17, 15) is 4.79 Å². The first-order valence-corrected chi connectivity index (χ1v) is 5.56. The van der Waals surface area contributed by atoms with Gasteiger partial charge in [0.05, 0.1) is 24.8 Å². The van der Waals surface area contributed by atoms with Crippen molar-refractivity contribution < 1.29 is 14.6 Å². The summed E-state index contributed by atoms with van der Waals surface area (Å²) < 4.78 is 6.56. The molecule has 0 atom stereocenters. The average molecular weight is 249 g/mol. The molecular formula is C12H15N3O3. The number of nitrogens with zero attached hydrogens (tertiary/aromatic N) is 2. The molecule has 96 valence electrons. The molecule has 2 heterocycles. The number of esters is 1. The van der Waals surface area contributed by atoms with Crippen LogP contribution in [0.4, 0.5) is 5.82 Å². The van der Waals surface area contributed by atoms with Crippen molar-refractivity contribution in [1.29, 1.82) is 0 Å². The van der Waals surface area contributed by atoms with Crippen molar-refractivity contribution in [2.24, 2.45) is 7.05 Å². The first-order valence-electron chi connectivity index (χ1n) is 5.56. The number of carbonyl (C=O) groups excluding carboxylic acids is 1. The van der Waals surface area contributed by atoms with Gasteiger partial charge in [0, 0.05) is 31.4 Å². The number of ether oxygens (including phenoxy) is 1. The summed E-state index contributed by atoms with van der Waals surface area (Å²) in [6, 6.07) is 1.77. The summed E-state index contributed by atoms with van der Waals surface area (Å²) in [5.41, 5.74) is 1.32. The van der Waals surface area contributed by atoms with Crippen molar-refractivity contribution in [3.8, 4) is 0 Å². The van der Waals surface area contributed by atoms with Gasteiger partial charge in [0.15, 0.2) is 5.82 Å². The van der Waals surface area contributed by atoms with Gasteiger partial charge in [0.2, 0.25) is 0 Å². The molecule has 0 radical (unpaired) electrons. The second-order valence-corrected chi connectivity index (χ2v) is 3.85. The Labute approximate surface area is 104 Å². The van der Waals surface area contributed by atoms with Crippen LogP contribution < -0.4 is 5.32 Å². The highest BCUT2D eigenvalue weighted by atomic mass is 16.5. The third kappa shape index (κ3) is 2.02. The number of pyridine rings is 1. The first-order chi connectivity index (χ1) is 8.69. The van der Waals surface area contributed by atoms with Crippen LogP contribution >= 0.6 is 0 Å². The molecule has 0 bridgehead atoms. The van der Waals surface area contributed by atoms with Gasteiger partial charge in [0.1, 0.15) is 0 Å². The lowest BCUT2D eigenvalue weighted by molar-refractivity contribution is 0.0603. The zero-order valence-corrected chi connectivity index (χ0v) is 10.3. The molecule has 0 unspecified atom stereocenters. The number of aromatic nitrogens is 2. The minimum atomic E-state index is -0.375. The number of methoxy groups -OCH3 is 1. The molecule has 0 spiro atoms. The van der Waals surface area contributed by atoms with E-state index < -0.39 is 0 Å². The number of carbonyl (C=O) groups is 1. The summed E-state index contributed by atoms with van der Waals surface area (Å²) in [6.45, 7) is 0.428. The third-order valence-electron chi connectivity index (χ3n) is 2.70. The van der Waals surface area contributed by atoms with Gasteiger partial charge in [-0.25, -0.2) is 9.78 Å². The summed E-state index contributed by atoms with van der Waals surface area (Å²) in [4.78, 5) is 15.9. The first kappa shape index (κ1) is 12.4. The Morgan fingerprint density at radius 1 is 1.61 bits per heavy atom. The van der Waals surface area contributed by atoms with Crippen LogP contribution in [0.25, 0.3) is 10.9 Å². The highest BCUT2D eigenvalue weighted by Crippen LogP contribution is 2.26. The standard InChI is InChI=1S/C12H15N3O3/c1-15-7-9(12(17)18-2)8-3-4-13-11(10(8)15)14-5-6-16/h3-4,7,16H,5-6H2,1-2H3,(H,13,14). The summed E-state index contributed by atoms with van der Waals surface area (Å²) in [5.74, 6) is 0.263. The Morgan fingerprint density at radius 2 is 2.39 bits per heavy atom. The lowest BCUT2D eigenvalue weighted by atomic mass is 10.2. The average Bonchev–Trinajstić information content (AvgIpc) is 2.73. The largest absolute Gasteiger partial charge is 0.465 e. The minimum Gasteiger partial charge on any atom is -0.465 e. The molecule has 2 rings (SSSR count). The van der Waals surface area contributed by atoms with E-state index in [1.165, 1.54) is 7.11 Å². The van der Waals surface area contributed by atoms with Crippen LogP contribution in [-0.4, -0.2) is 40.9 Å². The predicted octanol–water partition coefficient (Wildman–Crippen LogP) is 0.764. The summed E-state index contributed by atoms with van der Waals surface area (Å²) in [7, 11) is 3.19. The van der Waals surface area contributed by atoms with Crippen LogP contribution in [-0.2, 0) is 11.8 Å². The van der Waals surface area contributed by atoms with Crippen LogP contribution in [0.5, 0.6) is 0 Å². The van der Waals surface area contributed by atoms with Crippen LogP contribution in [0.15, 0.2) is 18.5 Å². The SMILES string of the molecule is COC(=O)c1cn(C)c2c(NCCO)nccc12. The molecule has 2 aromatic rings. The molecule has 2 N–H and O–H groups in total. The van der Waals surface area contributed by atoms with Crippen molar-refractivity contribution in [3.05, 3.63) is 24.0 Å². The fraction of sp³-hybridized carbons (Fsp3) is 0.333. The number of hydrogen-bond acceptors (Lipinski definition) is 5. The molecule has 0 saturated carbocycles. The van der Waals surface area contributed by atoms with E-state index >= 15 is 0 Å². The van der Waals surface area contributed by atoms with Crippen molar-refractivity contribution in [3.63, 3.8) is 0 Å². The molecule has 18 heavy (non-hydrogen) atoms. The Morgan fingerprint density at radius 3 is 3.06 bits per heavy atom. The maximum absolute atomic E-state index is 11.6. The van der Waals surface area contributed by atoms with E-state index in [1.54, 1.807) is 18.5 Å². The number of aryl methyl sites for hydroxylation is 1. The third-order valence-corrected chi connectivity index (χ3v) is 2.70. The monoisotopic (exact) mass is 249 g/mol. The van der Waals surface area contributed by atoms with Gasteiger partial charge < -0.3 is 19.7 Å². The van der Waals surface area contributed by atoms with Gasteiger partial charge in [-0.15, -0.1) is 0 Å². The quantitative estimate of drug-likeness (QED) is 0.782. The number of anilines is 1. The van der Waals surface area contributed by atoms with E-state index in [-0.39, 0.29) is 12.6 Å². The number of fused-ring (bicyclic) bond motifs is 1. The fourth-order valence-electron chi connectivity index (χ4n) is 1.93. The Kier molecular flexibility index (Phi) is 3.47. The van der Waals surface area contributed by atoms with Gasteiger partial charge in [-0.05, 0) is 6.07 Å². The van der Waals surface area contributed by atoms with E-state index in [1.807, 2.05) is 11.6 Å². The summed E-state index contributed by atoms with van der Waals surface area (Å²) in [6.07, 6.45) is 3.33. The fourth-order valence-corrected chi connectivity index (χ4v) is 1.93. The van der Waals surface area contributed by atoms with Gasteiger partial charge in [-0.2, -0.15) is 0 Å². The van der Waals surface area contributed by atoms with Gasteiger partial charge in [-0.3, -0.25) is 0 Å². The van der Waals surface area contributed by atoms with Crippen LogP contribution in [0, 0.1) is 0 Å². The van der Waals surface area contributed by atoms with Crippen molar-refractivity contribution in [2.45, 2.75) is 0 Å². The molecule has 6 heteroatoms. The molecule has 0 aromatic carbocycles. The number of nitrogens with one attached hydrogen (secondary N) is 1. The summed E-state index contributed by atoms with van der Waals surface area (Å²) in [5, 5.41) is 12.6. The molecule has 0 aliphatic heterocycles. The van der Waals surface area contributed by atoms with Gasteiger partial charge in [0.25, 0.3) is 0 Å². The van der Waals surface area contributed by atoms with Gasteiger partial charge >= 0.3 is 5.97 Å². The van der Waals surface area contributed by atoms with Crippen molar-refractivity contribution >= 4 is 22.7 Å². The smallest absolute Gasteiger partial charge is 0.340 e. The highest BCUT2D eigenvalue weighted by Gasteiger charge is 2.16. The molecule has 6 nitrogen and oxygen atoms in total. The molecule has 0 fully saturated rings. The van der Waals surface area contributed by atoms with E-state index in [4.69, 9.17) is 9.84 Å². The Balaban J connectivity index is 2.56. The van der Waals surface area contributed by atoms with E-state index in [0.29, 0.717) is 17.9 Å². The molecule has 0 amide bonds. The second kappa shape index (κ2) is 5.05. The lowest BCUT2D eigenvalue weighted by Gasteiger charge is -2.06. The van der Waals surface area contributed by atoms with E-state index in [2.05, 4.69) is 10.3 Å².